The van der Waals surface area contributed by atoms with Crippen molar-refractivity contribution in [2.75, 3.05) is 0 Å². The monoisotopic (exact) mass is 488 g/mol. The summed E-state index contributed by atoms with van der Waals surface area (Å²) in [4.78, 5) is 31.3. The Kier molecular flexibility index (Phi) is 8.57. The van der Waals surface area contributed by atoms with E-state index in [1.165, 1.54) is 0 Å². The minimum atomic E-state index is -1.01. The lowest BCUT2D eigenvalue weighted by atomic mass is 9.92. The van der Waals surface area contributed by atoms with E-state index in [9.17, 15) is 19.8 Å². The lowest BCUT2D eigenvalue weighted by Gasteiger charge is -2.26. The maximum Gasteiger partial charge on any atom is 0.310 e. The van der Waals surface area contributed by atoms with Gasteiger partial charge in [0, 0.05) is 0 Å². The quantitative estimate of drug-likeness (QED) is 0.301. The van der Waals surface area contributed by atoms with Crippen LogP contribution in [0.5, 0.6) is 11.5 Å². The van der Waals surface area contributed by atoms with Gasteiger partial charge in [-0.05, 0) is 86.9 Å². The number of aliphatic imine (C=N–C) groups is 2. The molecule has 0 fully saturated rings. The van der Waals surface area contributed by atoms with Crippen LogP contribution in [0.2, 0.25) is 0 Å². The topological polar surface area (TPSA) is 118 Å². The Morgan fingerprint density at radius 1 is 0.639 bits per heavy atom. The third-order valence-electron chi connectivity index (χ3n) is 5.85. The Hall–Kier alpha value is -4.46. The van der Waals surface area contributed by atoms with Gasteiger partial charge in [0.15, 0.2) is 0 Å². The van der Waals surface area contributed by atoms with Crippen LogP contribution in [-0.2, 0) is 9.59 Å². The van der Waals surface area contributed by atoms with Crippen LogP contribution in [0, 0.1) is 11.8 Å². The van der Waals surface area contributed by atoms with Crippen LogP contribution in [-0.4, -0.2) is 35.6 Å². The van der Waals surface area contributed by atoms with Gasteiger partial charge in [-0.2, -0.15) is 0 Å². The molecule has 3 aromatic carbocycles. The molecule has 0 aliphatic rings. The zero-order chi connectivity index (χ0) is 26.2. The summed E-state index contributed by atoms with van der Waals surface area (Å²) in [5.74, 6) is -2.74. The van der Waals surface area contributed by atoms with Gasteiger partial charge in [0.1, 0.15) is 23.7 Å². The van der Waals surface area contributed by atoms with E-state index in [0.29, 0.717) is 34.0 Å². The highest BCUT2D eigenvalue weighted by molar-refractivity contribution is 5.71. The Bertz CT molecular complexity index is 1110. The van der Waals surface area contributed by atoms with Crippen LogP contribution in [0.4, 0.5) is 11.4 Å². The molecule has 8 nitrogen and oxygen atoms in total. The minimum Gasteiger partial charge on any atom is -0.485 e. The first-order valence-corrected chi connectivity index (χ1v) is 11.3. The molecule has 0 bridgehead atoms. The highest BCUT2D eigenvalue weighted by Crippen LogP contribution is 2.34. The summed E-state index contributed by atoms with van der Waals surface area (Å²) in [6.07, 6.45) is -1.57. The van der Waals surface area contributed by atoms with Gasteiger partial charge >= 0.3 is 11.9 Å². The van der Waals surface area contributed by atoms with Crippen LogP contribution in [0.1, 0.15) is 37.2 Å². The number of ether oxygens (including phenoxy) is 2. The van der Waals surface area contributed by atoms with E-state index in [-0.39, 0.29) is 0 Å². The number of hydrogen-bond acceptors (Lipinski definition) is 6. The number of carbonyl (C=O) groups is 2. The maximum atomic E-state index is 11.8. The van der Waals surface area contributed by atoms with Crippen LogP contribution < -0.4 is 9.47 Å². The fourth-order valence-electron chi connectivity index (χ4n) is 3.61. The Morgan fingerprint density at radius 3 is 1.19 bits per heavy atom. The van der Waals surface area contributed by atoms with Gasteiger partial charge in [-0.25, -0.2) is 0 Å². The van der Waals surface area contributed by atoms with Crippen molar-refractivity contribution < 1.29 is 29.3 Å². The van der Waals surface area contributed by atoms with Crippen molar-refractivity contribution in [3.63, 3.8) is 0 Å². The van der Waals surface area contributed by atoms with Crippen molar-refractivity contribution in [1.82, 2.24) is 0 Å². The van der Waals surface area contributed by atoms with Crippen molar-refractivity contribution >= 4 is 36.7 Å². The molecular formula is C28H28N2O6. The highest BCUT2D eigenvalue weighted by Gasteiger charge is 2.30. The highest BCUT2D eigenvalue weighted by atomic mass is 16.5. The molecule has 3 rings (SSSR count). The van der Waals surface area contributed by atoms with Crippen molar-refractivity contribution in [2.24, 2.45) is 21.8 Å². The summed E-state index contributed by atoms with van der Waals surface area (Å²) in [6, 6.07) is 20.6. The van der Waals surface area contributed by atoms with E-state index < -0.39 is 36.0 Å². The van der Waals surface area contributed by atoms with Gasteiger partial charge in [0.05, 0.1) is 23.2 Å². The molecule has 0 amide bonds. The first-order valence-electron chi connectivity index (χ1n) is 11.3. The van der Waals surface area contributed by atoms with Gasteiger partial charge in [0.25, 0.3) is 0 Å². The molecule has 4 atom stereocenters. The van der Waals surface area contributed by atoms with Crippen LogP contribution in [0.25, 0.3) is 0 Å². The van der Waals surface area contributed by atoms with E-state index >= 15 is 0 Å². The van der Waals surface area contributed by atoms with Crippen molar-refractivity contribution in [1.29, 1.82) is 0 Å². The predicted molar refractivity (Wildman–Crippen MR) is 138 cm³/mol. The second kappa shape index (κ2) is 11.8. The number of nitrogens with zero attached hydrogens (tertiary/aromatic N) is 2. The fourth-order valence-corrected chi connectivity index (χ4v) is 3.61. The smallest absolute Gasteiger partial charge is 0.310 e. The summed E-state index contributed by atoms with van der Waals surface area (Å²) in [7, 11) is 0. The molecule has 0 aromatic heterocycles. The number of hydrogen-bond donors (Lipinski definition) is 2. The molecule has 0 aliphatic heterocycles. The predicted octanol–water partition coefficient (Wildman–Crippen LogP) is 6.03. The van der Waals surface area contributed by atoms with Gasteiger partial charge in [-0.15, -0.1) is 0 Å². The summed E-state index contributed by atoms with van der Waals surface area (Å²) in [5, 5.41) is 19.3. The molecule has 0 aliphatic carbocycles. The second-order valence-electron chi connectivity index (χ2n) is 8.30. The molecule has 3 aromatic rings. The number of carboxylic acids is 2. The average Bonchev–Trinajstić information content (AvgIpc) is 2.90. The number of benzene rings is 3. The van der Waals surface area contributed by atoms with Crippen LogP contribution in [0.3, 0.4) is 0 Å². The minimum absolute atomic E-state index is 0.489. The molecule has 0 saturated carbocycles. The normalized spacial score (nSPS) is 14.1. The van der Waals surface area contributed by atoms with Gasteiger partial charge in [0.2, 0.25) is 0 Å². The molecule has 0 heterocycles. The molecule has 4 unspecified atom stereocenters. The molecular weight excluding hydrogens is 460 g/mol. The first-order chi connectivity index (χ1) is 17.2. The molecule has 0 spiro atoms. The molecule has 2 N–H and O–H groups in total. The zero-order valence-electron chi connectivity index (χ0n) is 20.1. The van der Waals surface area contributed by atoms with E-state index in [2.05, 4.69) is 23.4 Å². The summed E-state index contributed by atoms with van der Waals surface area (Å²) in [5.41, 5.74) is 2.59. The van der Waals surface area contributed by atoms with E-state index in [1.54, 1.807) is 86.6 Å². The zero-order valence-corrected chi connectivity index (χ0v) is 20.1. The average molecular weight is 489 g/mol. The second-order valence-corrected chi connectivity index (χ2v) is 8.30. The standard InChI is InChI=1S/C28H28N2O6/c1-17(27(31)32)25(35-23-13-9-21(29-3)10-14-23)19-5-7-20(8-6-19)26(18(2)28(33)34)36-24-15-11-22(30-4)12-16-24/h5-18,25-26H,3-4H2,1-2H3,(H,31,32)(H,33,34). The number of aliphatic carboxylic acids is 2. The summed E-state index contributed by atoms with van der Waals surface area (Å²) < 4.78 is 12.1. The number of rotatable bonds is 12. The molecule has 36 heavy (non-hydrogen) atoms. The maximum absolute atomic E-state index is 11.8. The van der Waals surface area contributed by atoms with E-state index in [4.69, 9.17) is 9.47 Å². The SMILES string of the molecule is C=Nc1ccc(OC(c2ccc(C(Oc3ccc(N=C)cc3)C(C)C(=O)O)cc2)C(C)C(=O)O)cc1. The third-order valence-corrected chi connectivity index (χ3v) is 5.85. The molecule has 8 heteroatoms. The lowest BCUT2D eigenvalue weighted by molar-refractivity contribution is -0.145. The Balaban J connectivity index is 1.90. The van der Waals surface area contributed by atoms with Gasteiger partial charge in [-0.3, -0.25) is 19.6 Å². The fraction of sp³-hybridized carbons (Fsp3) is 0.214. The van der Waals surface area contributed by atoms with E-state index in [0.717, 1.165) is 0 Å². The van der Waals surface area contributed by atoms with Crippen molar-refractivity contribution in [2.45, 2.75) is 26.1 Å². The Labute approximate surface area is 209 Å². The van der Waals surface area contributed by atoms with Crippen LogP contribution in [0.15, 0.2) is 82.8 Å². The molecule has 0 radical (unpaired) electrons. The Morgan fingerprint density at radius 2 is 0.944 bits per heavy atom. The van der Waals surface area contributed by atoms with Crippen molar-refractivity contribution in [3.05, 3.63) is 83.9 Å². The van der Waals surface area contributed by atoms with Crippen LogP contribution >= 0.6 is 0 Å². The lowest BCUT2D eigenvalue weighted by Crippen LogP contribution is -2.25. The number of carboxylic acid groups (broad SMARTS) is 2. The van der Waals surface area contributed by atoms with Gasteiger partial charge < -0.3 is 19.7 Å². The molecule has 0 saturated heterocycles. The first kappa shape index (κ1) is 26.2. The molecule has 186 valence electrons. The summed E-state index contributed by atoms with van der Waals surface area (Å²) >= 11 is 0. The third kappa shape index (κ3) is 6.35. The largest absolute Gasteiger partial charge is 0.485 e. The summed E-state index contributed by atoms with van der Waals surface area (Å²) in [6.45, 7) is 10.1. The van der Waals surface area contributed by atoms with Crippen molar-refractivity contribution in [3.8, 4) is 11.5 Å². The van der Waals surface area contributed by atoms with E-state index in [1.807, 2.05) is 0 Å². The van der Waals surface area contributed by atoms with Gasteiger partial charge in [-0.1, -0.05) is 24.3 Å².